The van der Waals surface area contributed by atoms with Gasteiger partial charge in [0.15, 0.2) is 55.2 Å². The van der Waals surface area contributed by atoms with Gasteiger partial charge in [-0.3, -0.25) is 0 Å². The van der Waals surface area contributed by atoms with Gasteiger partial charge in [0.1, 0.15) is 108 Å². The third kappa shape index (κ3) is 12.2. The van der Waals surface area contributed by atoms with Crippen molar-refractivity contribution in [2.24, 2.45) is 0 Å². The number of carbonyl (C=O) groups excluding carboxylic acids is 1. The minimum atomic E-state index is -1.98. The molecule has 90 heavy (non-hydrogen) atoms. The second-order valence-electron chi connectivity index (χ2n) is 24.8. The quantitative estimate of drug-likeness (QED) is 0.0980. The number of methoxy groups -OCH3 is 4. The summed E-state index contributed by atoms with van der Waals surface area (Å²) in [6.45, 7) is 12.2. The molecule has 10 heterocycles. The molecular weight excluding hydrogens is 1250 g/mol. The van der Waals surface area contributed by atoms with Crippen molar-refractivity contribution < 1.29 is 150 Å². The fourth-order valence-electron chi connectivity index (χ4n) is 14.3. The summed E-state index contributed by atoms with van der Waals surface area (Å²) in [5.41, 5.74) is -3.08. The molecule has 0 amide bonds. The molecule has 2 spiro atoms. The second-order valence-corrected chi connectivity index (χ2v) is 25.6. The molecule has 10 fully saturated rings. The number of halogens is 2. The highest BCUT2D eigenvalue weighted by Gasteiger charge is 2.72. The topological polar surface area (TPSA) is 382 Å². The molecule has 1 aromatic carbocycles. The maximum absolute atomic E-state index is 13.5. The van der Waals surface area contributed by atoms with Crippen molar-refractivity contribution in [3.05, 3.63) is 21.2 Å². The zero-order chi connectivity index (χ0) is 65.0. The van der Waals surface area contributed by atoms with Gasteiger partial charge in [0.05, 0.1) is 80.6 Å². The van der Waals surface area contributed by atoms with Crippen LogP contribution >= 0.6 is 23.2 Å². The lowest BCUT2D eigenvalue weighted by Gasteiger charge is -2.51. The van der Waals surface area contributed by atoms with Gasteiger partial charge >= 0.3 is 11.9 Å². The number of aliphatic hydroxyl groups is 7. The van der Waals surface area contributed by atoms with E-state index in [2.05, 4.69) is 0 Å². The van der Waals surface area contributed by atoms with E-state index < -0.39 is 207 Å². The van der Waals surface area contributed by atoms with E-state index in [1.807, 2.05) is 0 Å². The lowest BCUT2D eigenvalue weighted by Crippen LogP contribution is -2.72. The van der Waals surface area contributed by atoms with E-state index in [0.29, 0.717) is 0 Å². The smallest absolute Gasteiger partial charge is 0.342 e. The molecule has 33 heteroatoms. The molecule has 0 aliphatic carbocycles. The summed E-state index contributed by atoms with van der Waals surface area (Å²) in [5, 5.41) is 91.0. The van der Waals surface area contributed by atoms with Gasteiger partial charge < -0.3 is 145 Å². The van der Waals surface area contributed by atoms with Crippen LogP contribution in [0.4, 0.5) is 0 Å². The van der Waals surface area contributed by atoms with Crippen molar-refractivity contribution in [1.29, 1.82) is 0 Å². The number of phenols is 1. The van der Waals surface area contributed by atoms with Crippen LogP contribution in [-0.4, -0.2) is 290 Å². The third-order valence-corrected chi connectivity index (χ3v) is 19.7. The summed E-state index contributed by atoms with van der Waals surface area (Å²) in [4.78, 5) is 13.5. The first kappa shape index (κ1) is 69.2. The molecule has 512 valence electrons. The van der Waals surface area contributed by atoms with Gasteiger partial charge in [0, 0.05) is 34.2 Å². The van der Waals surface area contributed by atoms with Crippen LogP contribution in [0.5, 0.6) is 11.5 Å². The highest BCUT2D eigenvalue weighted by Crippen LogP contribution is 2.53. The zero-order valence-corrected chi connectivity index (χ0v) is 53.1. The van der Waals surface area contributed by atoms with Crippen molar-refractivity contribution in [3.63, 3.8) is 0 Å². The summed E-state index contributed by atoms with van der Waals surface area (Å²) in [6.07, 6.45) is -33.3. The Balaban J connectivity index is 0.701. The molecule has 0 bridgehead atoms. The Kier molecular flexibility index (Phi) is 20.5. The molecule has 0 radical (unpaired) electrons. The molecule has 2 unspecified atom stereocenters. The number of hydrogen-bond donors (Lipinski definition) is 8. The fourth-order valence-corrected chi connectivity index (χ4v) is 14.8. The largest absolute Gasteiger partial charge is 0.505 e. The van der Waals surface area contributed by atoms with E-state index in [4.69, 9.17) is 127 Å². The zero-order valence-electron chi connectivity index (χ0n) is 51.6. The summed E-state index contributed by atoms with van der Waals surface area (Å²) in [5.74, 6) is -5.34. The summed E-state index contributed by atoms with van der Waals surface area (Å²) in [6, 6.07) is 0. The first-order valence-electron chi connectivity index (χ1n) is 30.0. The standard InChI is InChI=1S/C57H84Cl2O31/c1-19-32(44(71-11)34(59)35(63)33(19)58)50(67)82-39-20(2)76-30(13-26(39)61)80-40-22(4)85-55(14-27(40)62)89-47-23(5)77-31(15-54(47,8)90-55)81-45-38(66)52(78-21(3)41(45)70-10)83-42-28(16-69-9)79-53(46(72-12)36(42)64)84-51-37(65)43-29(17-73-51)87-57(88-43)49-48(74-18-75-49)56(68,24(6)60)25(7)86-57/h20-31,36-43,45-49,51-53,60-66,68H,13-18H2,1-12H3/t20-,21-,22-,23-,24?,25-,26-,27-,28-,29+,30+,31+,36+,37-,38-,39-,40-,41+,42-,43-,45-,46+,47-,48-,49-,51-,52+,53+,54-,55?,56+,57-/m1/s1. The van der Waals surface area contributed by atoms with Crippen LogP contribution in [-0.2, 0) is 99.5 Å². The predicted octanol–water partition coefficient (Wildman–Crippen LogP) is -0.363. The lowest BCUT2D eigenvalue weighted by molar-refractivity contribution is -0.439. The number of carbonyl (C=O) groups is 1. The number of ether oxygens (including phenoxy) is 22. The van der Waals surface area contributed by atoms with Crippen molar-refractivity contribution in [1.82, 2.24) is 0 Å². The molecule has 10 saturated heterocycles. The van der Waals surface area contributed by atoms with Gasteiger partial charge in [-0.05, 0) is 61.0 Å². The summed E-state index contributed by atoms with van der Waals surface area (Å²) >= 11 is 12.5. The molecule has 8 N–H and O–H groups in total. The number of fused-ring (bicyclic) bond motifs is 4. The highest BCUT2D eigenvalue weighted by atomic mass is 35.5. The van der Waals surface area contributed by atoms with Crippen molar-refractivity contribution >= 4 is 29.2 Å². The van der Waals surface area contributed by atoms with Crippen molar-refractivity contribution in [2.75, 3.05) is 48.4 Å². The van der Waals surface area contributed by atoms with E-state index in [0.717, 1.165) is 0 Å². The van der Waals surface area contributed by atoms with E-state index >= 15 is 0 Å². The fraction of sp³-hybridized carbons (Fsp3) is 0.877. The maximum atomic E-state index is 13.5. The van der Waals surface area contributed by atoms with Gasteiger partial charge in [0.2, 0.25) is 0 Å². The number of aliphatic hydroxyl groups excluding tert-OH is 6. The minimum Gasteiger partial charge on any atom is -0.505 e. The normalized spacial score (nSPS) is 49.7. The minimum absolute atomic E-state index is 0.0169. The SMILES string of the molecule is COC[C@H]1O[C@@H](O[C@H]2OC[C@@H]3O[C@]4(O[C@H]3[C@H]2O)O[C@H](C)[C@@](O)(C(C)O)[C@@H]2OCO[C@H]24)[C@@H](OC)[C@@H](O)[C@@H]1O[C@@H]1O[C@H](C)[C@H](OC)[C@H](O[C@H]2C[C@@]3(C)OC4(C[C@@H](O)[C@H](O[C@H]5C[C@@H](O)[C@H](OC(=O)c6c(C)c(Cl)c(O)c(Cl)c6OC)[C@@H](C)O5)[C@@H](C)O4)O[C@@H]3[C@@H](C)O2)[C@H]1O. The Morgan fingerprint density at radius 3 is 2.02 bits per heavy atom. The highest BCUT2D eigenvalue weighted by molar-refractivity contribution is 6.39. The summed E-state index contributed by atoms with van der Waals surface area (Å²) in [7, 11) is 5.38. The van der Waals surface area contributed by atoms with Crippen LogP contribution in [0.2, 0.25) is 10.0 Å². The average molecular weight is 1340 g/mol. The molecule has 31 nitrogen and oxygen atoms in total. The van der Waals surface area contributed by atoms with E-state index in [1.165, 1.54) is 49.2 Å². The van der Waals surface area contributed by atoms with Gasteiger partial charge in [0.25, 0.3) is 5.97 Å². The van der Waals surface area contributed by atoms with Gasteiger partial charge in [-0.25, -0.2) is 4.79 Å². The summed E-state index contributed by atoms with van der Waals surface area (Å²) < 4.78 is 134. The van der Waals surface area contributed by atoms with Crippen LogP contribution in [0, 0.1) is 6.92 Å². The Labute approximate surface area is 528 Å². The molecule has 0 aromatic heterocycles. The Morgan fingerprint density at radius 1 is 0.667 bits per heavy atom. The van der Waals surface area contributed by atoms with Crippen LogP contribution in [0.15, 0.2) is 0 Å². The predicted molar refractivity (Wildman–Crippen MR) is 295 cm³/mol. The lowest BCUT2D eigenvalue weighted by atomic mass is 9.80. The number of esters is 1. The maximum Gasteiger partial charge on any atom is 0.342 e. The van der Waals surface area contributed by atoms with Crippen LogP contribution < -0.4 is 4.74 Å². The first-order chi connectivity index (χ1) is 42.6. The van der Waals surface area contributed by atoms with Crippen molar-refractivity contribution in [3.8, 4) is 11.5 Å². The molecule has 0 saturated carbocycles. The number of phenolic OH excluding ortho intramolecular Hbond substituents is 1. The van der Waals surface area contributed by atoms with Crippen LogP contribution in [0.25, 0.3) is 0 Å². The molecular formula is C57H84Cl2O31. The molecule has 1 aromatic rings. The third-order valence-electron chi connectivity index (χ3n) is 18.8. The number of rotatable bonds is 16. The van der Waals surface area contributed by atoms with E-state index in [9.17, 15) is 45.6 Å². The Bertz CT molecular complexity index is 2660. The Hall–Kier alpha value is -2.21. The van der Waals surface area contributed by atoms with Gasteiger partial charge in [-0.2, -0.15) is 0 Å². The monoisotopic (exact) mass is 1330 g/mol. The second kappa shape index (κ2) is 26.7. The van der Waals surface area contributed by atoms with Crippen molar-refractivity contribution in [2.45, 2.75) is 270 Å². The molecule has 10 aliphatic rings. The van der Waals surface area contributed by atoms with Crippen LogP contribution in [0.3, 0.4) is 0 Å². The van der Waals surface area contributed by atoms with Crippen LogP contribution in [0.1, 0.15) is 83.7 Å². The van der Waals surface area contributed by atoms with Gasteiger partial charge in [-0.15, -0.1) is 0 Å². The number of benzene rings is 1. The molecule has 11 rings (SSSR count). The average Bonchev–Trinajstić information content (AvgIpc) is 1.53. The number of aromatic hydroxyl groups is 1. The Morgan fingerprint density at radius 2 is 1.36 bits per heavy atom. The van der Waals surface area contributed by atoms with Gasteiger partial charge in [-0.1, -0.05) is 23.2 Å². The van der Waals surface area contributed by atoms with E-state index in [1.54, 1.807) is 34.6 Å². The number of hydrogen-bond acceptors (Lipinski definition) is 31. The molecule has 10 aliphatic heterocycles. The first-order valence-corrected chi connectivity index (χ1v) is 30.8. The van der Waals surface area contributed by atoms with E-state index in [-0.39, 0.29) is 66.2 Å². The molecule has 32 atom stereocenters.